The number of benzene rings is 2. The standard InChI is InChI=1S/C23H30BrN3O9S3.H2O/c1-25-9-11-26(12-10-25)15-23(16-38(31,32)33)18-13-17(36-2)7-8-20(18)27(22(23)14-37(28,29)30)39(34,35)21-6-4-3-5-19(21)24;/h3-8,13,22H,9-12,14-16H2,1-2H3,(H,28,29,30)(H,31,32,33);1H2. The number of methoxy groups -OCH3 is 1. The number of halogens is 1. The normalized spacial score (nSPS) is 22.5. The topological polar surface area (TPSA) is 193 Å². The fourth-order valence-electron chi connectivity index (χ4n) is 5.43. The number of sulfonamides is 1. The van der Waals surface area contributed by atoms with Crippen molar-refractivity contribution in [3.8, 4) is 5.75 Å². The summed E-state index contributed by atoms with van der Waals surface area (Å²) in [7, 11) is -10.9. The molecule has 2 aliphatic rings. The zero-order chi connectivity index (χ0) is 28.8. The van der Waals surface area contributed by atoms with Crippen molar-refractivity contribution in [2.75, 3.05) is 62.7 Å². The molecule has 1 fully saturated rings. The fourth-order valence-corrected chi connectivity index (χ4v) is 10.2. The molecule has 0 bridgehead atoms. The Bertz CT molecular complexity index is 1560. The van der Waals surface area contributed by atoms with E-state index < -0.39 is 53.2 Å². The monoisotopic (exact) mass is 685 g/mol. The highest BCUT2D eigenvalue weighted by molar-refractivity contribution is 9.10. The molecule has 0 aromatic heterocycles. The predicted molar refractivity (Wildman–Crippen MR) is 153 cm³/mol. The van der Waals surface area contributed by atoms with Gasteiger partial charge in [-0.05, 0) is 58.9 Å². The number of hydrogen-bond acceptors (Lipinski definition) is 9. The average Bonchev–Trinajstić information content (AvgIpc) is 3.07. The van der Waals surface area contributed by atoms with Crippen molar-refractivity contribution in [1.29, 1.82) is 0 Å². The van der Waals surface area contributed by atoms with Crippen molar-refractivity contribution in [3.63, 3.8) is 0 Å². The fraction of sp³-hybridized carbons (Fsp3) is 0.478. The van der Waals surface area contributed by atoms with Crippen molar-refractivity contribution < 1.29 is 44.6 Å². The maximum absolute atomic E-state index is 14.2. The first kappa shape index (κ1) is 32.7. The van der Waals surface area contributed by atoms with Gasteiger partial charge in [0.1, 0.15) is 10.6 Å². The molecule has 4 N–H and O–H groups in total. The molecule has 1 saturated heterocycles. The van der Waals surface area contributed by atoms with Gasteiger partial charge in [-0.25, -0.2) is 8.42 Å². The molecule has 4 rings (SSSR count). The van der Waals surface area contributed by atoms with Gasteiger partial charge in [-0.3, -0.25) is 18.3 Å². The van der Waals surface area contributed by atoms with E-state index in [9.17, 15) is 34.4 Å². The van der Waals surface area contributed by atoms with Crippen LogP contribution in [-0.4, -0.2) is 114 Å². The smallest absolute Gasteiger partial charge is 0.266 e. The van der Waals surface area contributed by atoms with Gasteiger partial charge < -0.3 is 15.1 Å². The first-order valence-electron chi connectivity index (χ1n) is 11.9. The molecular weight excluding hydrogens is 654 g/mol. The third-order valence-corrected chi connectivity index (χ3v) is 11.6. The van der Waals surface area contributed by atoms with Gasteiger partial charge in [-0.15, -0.1) is 0 Å². The minimum absolute atomic E-state index is 0. The Kier molecular flexibility index (Phi) is 9.65. The Morgan fingerprint density at radius 1 is 0.975 bits per heavy atom. The summed E-state index contributed by atoms with van der Waals surface area (Å²) in [5.41, 5.74) is -1.60. The van der Waals surface area contributed by atoms with Crippen LogP contribution in [0.25, 0.3) is 0 Å². The molecule has 0 aliphatic carbocycles. The molecule has 0 saturated carbocycles. The van der Waals surface area contributed by atoms with Crippen LogP contribution >= 0.6 is 15.9 Å². The third-order valence-electron chi connectivity index (χ3n) is 7.18. The molecular formula is C23H32BrN3O10S3. The lowest BCUT2D eigenvalue weighted by Gasteiger charge is -2.43. The van der Waals surface area contributed by atoms with Crippen LogP contribution in [0.4, 0.5) is 5.69 Å². The third kappa shape index (κ3) is 6.63. The van der Waals surface area contributed by atoms with E-state index in [0.29, 0.717) is 26.2 Å². The molecule has 2 aromatic rings. The van der Waals surface area contributed by atoms with Gasteiger partial charge in [0, 0.05) is 42.6 Å². The van der Waals surface area contributed by atoms with Gasteiger partial charge in [0.05, 0.1) is 30.3 Å². The summed E-state index contributed by atoms with van der Waals surface area (Å²) < 4.78 is 105. The Morgan fingerprint density at radius 2 is 1.60 bits per heavy atom. The number of anilines is 1. The van der Waals surface area contributed by atoms with E-state index in [2.05, 4.69) is 20.8 Å². The van der Waals surface area contributed by atoms with Gasteiger partial charge in [0.25, 0.3) is 30.3 Å². The van der Waals surface area contributed by atoms with Crippen molar-refractivity contribution in [3.05, 3.63) is 52.5 Å². The van der Waals surface area contributed by atoms with Crippen molar-refractivity contribution in [1.82, 2.24) is 9.80 Å². The number of fused-ring (bicyclic) bond motifs is 1. The highest BCUT2D eigenvalue weighted by Gasteiger charge is 2.58. The van der Waals surface area contributed by atoms with Crippen LogP contribution in [0.5, 0.6) is 5.75 Å². The minimum atomic E-state index is -4.85. The molecule has 2 heterocycles. The Labute approximate surface area is 242 Å². The van der Waals surface area contributed by atoms with E-state index in [-0.39, 0.29) is 38.4 Å². The minimum Gasteiger partial charge on any atom is -0.497 e. The zero-order valence-electron chi connectivity index (χ0n) is 21.8. The summed E-state index contributed by atoms with van der Waals surface area (Å²) in [4.78, 5) is 3.78. The lowest BCUT2D eigenvalue weighted by Crippen LogP contribution is -2.60. The second kappa shape index (κ2) is 11.8. The zero-order valence-corrected chi connectivity index (χ0v) is 25.8. The molecule has 2 unspecified atom stereocenters. The van der Waals surface area contributed by atoms with Crippen LogP contribution in [0.3, 0.4) is 0 Å². The van der Waals surface area contributed by atoms with Gasteiger partial charge in [-0.2, -0.15) is 16.8 Å². The number of rotatable bonds is 9. The molecule has 0 radical (unpaired) electrons. The van der Waals surface area contributed by atoms with Gasteiger partial charge >= 0.3 is 0 Å². The molecule has 17 heteroatoms. The SMILES string of the molecule is COc1ccc2c(c1)C(CN1CCN(C)CC1)(CS(=O)(=O)O)C(CS(=O)(=O)O)N2S(=O)(=O)c1ccccc1Br.O. The molecule has 2 aromatic carbocycles. The van der Waals surface area contributed by atoms with Crippen LogP contribution in [0.15, 0.2) is 51.8 Å². The van der Waals surface area contributed by atoms with Crippen LogP contribution in [-0.2, 0) is 35.7 Å². The van der Waals surface area contributed by atoms with E-state index in [0.717, 1.165) is 4.31 Å². The largest absolute Gasteiger partial charge is 0.497 e. The highest BCUT2D eigenvalue weighted by Crippen LogP contribution is 2.51. The molecule has 40 heavy (non-hydrogen) atoms. The summed E-state index contributed by atoms with van der Waals surface area (Å²) in [5, 5.41) is 0. The number of hydrogen-bond donors (Lipinski definition) is 2. The van der Waals surface area contributed by atoms with E-state index in [1.165, 1.54) is 43.5 Å². The number of ether oxygens (including phenoxy) is 1. The molecule has 2 atom stereocenters. The van der Waals surface area contributed by atoms with E-state index >= 15 is 0 Å². The maximum Gasteiger partial charge on any atom is 0.266 e. The summed E-state index contributed by atoms with van der Waals surface area (Å²) in [6, 6.07) is 8.66. The maximum atomic E-state index is 14.2. The van der Waals surface area contributed by atoms with Crippen molar-refractivity contribution in [2.45, 2.75) is 16.4 Å². The lowest BCUT2D eigenvalue weighted by molar-refractivity contribution is 0.126. The quantitative estimate of drug-likeness (QED) is 0.349. The number of likely N-dealkylation sites (N-methyl/N-ethyl adjacent to an activating group) is 1. The van der Waals surface area contributed by atoms with Gasteiger partial charge in [-0.1, -0.05) is 12.1 Å². The summed E-state index contributed by atoms with van der Waals surface area (Å²) in [6.45, 7) is 2.13. The van der Waals surface area contributed by atoms with Gasteiger partial charge in [0.2, 0.25) is 0 Å². The van der Waals surface area contributed by atoms with Crippen LogP contribution in [0.1, 0.15) is 5.56 Å². The Balaban J connectivity index is 0.00000441. The highest BCUT2D eigenvalue weighted by atomic mass is 79.9. The molecule has 224 valence electrons. The number of piperazine rings is 1. The Morgan fingerprint density at radius 3 is 2.15 bits per heavy atom. The second-order valence-corrected chi connectivity index (χ2v) is 15.4. The van der Waals surface area contributed by atoms with Crippen molar-refractivity contribution in [2.24, 2.45) is 0 Å². The van der Waals surface area contributed by atoms with E-state index in [1.54, 1.807) is 6.07 Å². The molecule has 13 nitrogen and oxygen atoms in total. The Hall–Kier alpha value is -1.83. The summed E-state index contributed by atoms with van der Waals surface area (Å²) in [5.74, 6) is -1.83. The van der Waals surface area contributed by atoms with Crippen LogP contribution < -0.4 is 9.04 Å². The van der Waals surface area contributed by atoms with Crippen LogP contribution in [0, 0.1) is 0 Å². The molecule has 0 amide bonds. The second-order valence-electron chi connectivity index (χ2n) is 9.84. The predicted octanol–water partition coefficient (Wildman–Crippen LogP) is 0.471. The number of nitrogens with zero attached hydrogens (tertiary/aromatic N) is 3. The van der Waals surface area contributed by atoms with Crippen LogP contribution in [0.2, 0.25) is 0 Å². The first-order valence-corrected chi connectivity index (χ1v) is 17.3. The summed E-state index contributed by atoms with van der Waals surface area (Å²) in [6.07, 6.45) is 0. The van der Waals surface area contributed by atoms with Crippen molar-refractivity contribution >= 4 is 51.9 Å². The van der Waals surface area contributed by atoms with E-state index in [1.807, 2.05) is 11.9 Å². The van der Waals surface area contributed by atoms with E-state index in [4.69, 9.17) is 4.74 Å². The average molecular weight is 687 g/mol. The first-order chi connectivity index (χ1) is 18.1. The lowest BCUT2D eigenvalue weighted by atomic mass is 9.78. The van der Waals surface area contributed by atoms with Gasteiger partial charge in [0.15, 0.2) is 0 Å². The molecule has 0 spiro atoms. The molecule has 2 aliphatic heterocycles. The summed E-state index contributed by atoms with van der Waals surface area (Å²) >= 11 is 3.24.